The Labute approximate surface area is 106 Å². The van der Waals surface area contributed by atoms with E-state index < -0.39 is 5.97 Å². The number of aliphatic hydroxyl groups is 1. The van der Waals surface area contributed by atoms with Gasteiger partial charge in [-0.3, -0.25) is 4.79 Å². The van der Waals surface area contributed by atoms with E-state index in [1.807, 2.05) is 13.0 Å². The molecule has 1 rings (SSSR count). The van der Waals surface area contributed by atoms with Crippen LogP contribution in [0.2, 0.25) is 0 Å². The number of ether oxygens (including phenoxy) is 1. The van der Waals surface area contributed by atoms with Crippen LogP contribution in [0.3, 0.4) is 0 Å². The number of rotatable bonds is 4. The maximum atomic E-state index is 11.4. The van der Waals surface area contributed by atoms with Crippen LogP contribution in [0.5, 0.6) is 0 Å². The molecule has 0 unspecified atom stereocenters. The molecule has 1 aromatic carbocycles. The van der Waals surface area contributed by atoms with Gasteiger partial charge in [-0.15, -0.1) is 0 Å². The number of carbonyl (C=O) groups is 1. The van der Waals surface area contributed by atoms with Crippen LogP contribution in [0.15, 0.2) is 23.9 Å². The Hall–Kier alpha value is -2.12. The number of aliphatic hydroxyl groups excluding tert-OH is 1. The molecule has 0 aliphatic heterocycles. The molecular weight excluding hydrogens is 230 g/mol. The Morgan fingerprint density at radius 2 is 2.28 bits per heavy atom. The summed E-state index contributed by atoms with van der Waals surface area (Å²) < 4.78 is 4.78. The molecular formula is C14H15NO3. The molecule has 4 heteroatoms. The molecule has 0 bridgehead atoms. The van der Waals surface area contributed by atoms with E-state index >= 15 is 0 Å². The van der Waals surface area contributed by atoms with Gasteiger partial charge in [0, 0.05) is 0 Å². The van der Waals surface area contributed by atoms with Crippen molar-refractivity contribution in [2.24, 2.45) is 0 Å². The van der Waals surface area contributed by atoms with Gasteiger partial charge in [-0.25, -0.2) is 4.85 Å². The Morgan fingerprint density at radius 3 is 2.83 bits per heavy atom. The average Bonchev–Trinajstić information content (AvgIpc) is 2.37. The standard InChI is InChI=1S/C14H15NO3/c1-4-18-14(17)13(15-3)8-11-6-5-10(2)12(7-11)9-16/h5-8,16H,4,9H2,1-2H3/b13-8-. The van der Waals surface area contributed by atoms with Crippen molar-refractivity contribution in [3.05, 3.63) is 52.0 Å². The Kier molecular flexibility index (Phi) is 5.09. The van der Waals surface area contributed by atoms with Crippen LogP contribution in [-0.2, 0) is 16.1 Å². The second-order valence-electron chi connectivity index (χ2n) is 3.71. The number of aryl methyl sites for hydroxylation is 1. The van der Waals surface area contributed by atoms with Gasteiger partial charge in [0.25, 0.3) is 5.70 Å². The number of hydrogen-bond acceptors (Lipinski definition) is 3. The van der Waals surface area contributed by atoms with Crippen LogP contribution >= 0.6 is 0 Å². The zero-order valence-corrected chi connectivity index (χ0v) is 10.4. The zero-order chi connectivity index (χ0) is 13.5. The van der Waals surface area contributed by atoms with Crippen molar-refractivity contribution < 1.29 is 14.6 Å². The number of carbonyl (C=O) groups excluding carboxylic acids is 1. The lowest BCUT2D eigenvalue weighted by Gasteiger charge is -2.04. The number of nitrogens with zero attached hydrogens (tertiary/aromatic N) is 1. The first-order valence-electron chi connectivity index (χ1n) is 5.59. The lowest BCUT2D eigenvalue weighted by atomic mass is 10.0. The molecule has 94 valence electrons. The first-order chi connectivity index (χ1) is 8.62. The van der Waals surface area contributed by atoms with Crippen molar-refractivity contribution in [2.45, 2.75) is 20.5 Å². The van der Waals surface area contributed by atoms with Crippen LogP contribution < -0.4 is 0 Å². The molecule has 0 aliphatic rings. The van der Waals surface area contributed by atoms with Gasteiger partial charge in [-0.05, 0) is 36.6 Å². The summed E-state index contributed by atoms with van der Waals surface area (Å²) in [4.78, 5) is 14.6. The van der Waals surface area contributed by atoms with Crippen molar-refractivity contribution in [3.63, 3.8) is 0 Å². The van der Waals surface area contributed by atoms with Crippen molar-refractivity contribution in [1.82, 2.24) is 0 Å². The highest BCUT2D eigenvalue weighted by molar-refractivity contribution is 5.95. The average molecular weight is 245 g/mol. The van der Waals surface area contributed by atoms with Gasteiger partial charge < -0.3 is 9.84 Å². The molecule has 0 radical (unpaired) electrons. The first-order valence-corrected chi connectivity index (χ1v) is 5.59. The molecule has 1 aromatic rings. The summed E-state index contributed by atoms with van der Waals surface area (Å²) in [6.45, 7) is 10.7. The quantitative estimate of drug-likeness (QED) is 0.503. The Morgan fingerprint density at radius 1 is 1.56 bits per heavy atom. The smallest absolute Gasteiger partial charge is 0.336 e. The van der Waals surface area contributed by atoms with Crippen molar-refractivity contribution in [2.75, 3.05) is 6.61 Å². The molecule has 0 aromatic heterocycles. The number of benzene rings is 1. The van der Waals surface area contributed by atoms with Crippen LogP contribution in [0, 0.1) is 13.5 Å². The number of esters is 1. The third-order valence-electron chi connectivity index (χ3n) is 2.45. The molecule has 0 fully saturated rings. The Balaban J connectivity index is 3.07. The fraction of sp³-hybridized carbons (Fsp3) is 0.286. The predicted octanol–water partition coefficient (Wildman–Crippen LogP) is 2.31. The van der Waals surface area contributed by atoms with Crippen molar-refractivity contribution in [1.29, 1.82) is 0 Å². The fourth-order valence-electron chi connectivity index (χ4n) is 1.45. The lowest BCUT2D eigenvalue weighted by molar-refractivity contribution is -0.138. The molecule has 18 heavy (non-hydrogen) atoms. The second-order valence-corrected chi connectivity index (χ2v) is 3.71. The minimum Gasteiger partial charge on any atom is -0.471 e. The van der Waals surface area contributed by atoms with Gasteiger partial charge in [-0.2, -0.15) is 0 Å². The lowest BCUT2D eigenvalue weighted by Crippen LogP contribution is -2.04. The third-order valence-corrected chi connectivity index (χ3v) is 2.45. The van der Waals surface area contributed by atoms with Gasteiger partial charge in [0.1, 0.15) is 0 Å². The molecule has 0 spiro atoms. The van der Waals surface area contributed by atoms with E-state index in [4.69, 9.17) is 16.4 Å². The summed E-state index contributed by atoms with van der Waals surface area (Å²) in [5.74, 6) is -0.626. The molecule has 0 saturated carbocycles. The van der Waals surface area contributed by atoms with E-state index in [0.717, 1.165) is 11.1 Å². The van der Waals surface area contributed by atoms with Crippen LogP contribution in [-0.4, -0.2) is 17.7 Å². The molecule has 0 amide bonds. The van der Waals surface area contributed by atoms with Crippen LogP contribution in [0.1, 0.15) is 23.6 Å². The Bertz CT molecular complexity index is 512. The minimum absolute atomic E-state index is 0.0652. The summed E-state index contributed by atoms with van der Waals surface area (Å²) in [6, 6.07) is 5.38. The highest BCUT2D eigenvalue weighted by atomic mass is 16.5. The van der Waals surface area contributed by atoms with E-state index in [1.165, 1.54) is 6.08 Å². The third kappa shape index (κ3) is 3.44. The van der Waals surface area contributed by atoms with Crippen LogP contribution in [0.4, 0.5) is 0 Å². The largest absolute Gasteiger partial charge is 0.471 e. The summed E-state index contributed by atoms with van der Waals surface area (Å²) in [6.07, 6.45) is 1.46. The molecule has 0 heterocycles. The predicted molar refractivity (Wildman–Crippen MR) is 68.3 cm³/mol. The molecule has 1 N–H and O–H groups in total. The molecule has 4 nitrogen and oxygen atoms in total. The summed E-state index contributed by atoms with van der Waals surface area (Å²) in [7, 11) is 0. The molecule has 0 saturated heterocycles. The van der Waals surface area contributed by atoms with E-state index in [-0.39, 0.29) is 18.9 Å². The normalized spacial score (nSPS) is 10.9. The van der Waals surface area contributed by atoms with Gasteiger partial charge in [0.15, 0.2) is 0 Å². The van der Waals surface area contributed by atoms with Crippen molar-refractivity contribution in [3.8, 4) is 0 Å². The topological polar surface area (TPSA) is 50.9 Å². The van der Waals surface area contributed by atoms with Gasteiger partial charge in [0.2, 0.25) is 0 Å². The SMILES string of the molecule is [C-]#[N+]/C(=C\c1ccc(C)c(CO)c1)C(=O)OCC. The molecule has 0 aliphatic carbocycles. The number of hydrogen-bond donors (Lipinski definition) is 1. The summed E-state index contributed by atoms with van der Waals surface area (Å²) in [5, 5.41) is 9.15. The minimum atomic E-state index is -0.626. The van der Waals surface area contributed by atoms with Gasteiger partial charge in [-0.1, -0.05) is 18.2 Å². The van der Waals surface area contributed by atoms with E-state index in [1.54, 1.807) is 19.1 Å². The maximum Gasteiger partial charge on any atom is 0.336 e. The van der Waals surface area contributed by atoms with E-state index in [0.29, 0.717) is 5.56 Å². The van der Waals surface area contributed by atoms with E-state index in [2.05, 4.69) is 4.85 Å². The highest BCUT2D eigenvalue weighted by Gasteiger charge is 2.10. The monoisotopic (exact) mass is 245 g/mol. The first kappa shape index (κ1) is 13.9. The van der Waals surface area contributed by atoms with Gasteiger partial charge >= 0.3 is 5.97 Å². The summed E-state index contributed by atoms with van der Waals surface area (Å²) in [5.41, 5.74) is 2.38. The highest BCUT2D eigenvalue weighted by Crippen LogP contribution is 2.15. The van der Waals surface area contributed by atoms with E-state index in [9.17, 15) is 4.79 Å². The summed E-state index contributed by atoms with van der Waals surface area (Å²) >= 11 is 0. The van der Waals surface area contributed by atoms with Crippen LogP contribution in [0.25, 0.3) is 10.9 Å². The van der Waals surface area contributed by atoms with Crippen molar-refractivity contribution >= 4 is 12.0 Å². The molecule has 0 atom stereocenters. The fourth-order valence-corrected chi connectivity index (χ4v) is 1.45. The second kappa shape index (κ2) is 6.58. The maximum absolute atomic E-state index is 11.4. The van der Waals surface area contributed by atoms with Gasteiger partial charge in [0.05, 0.1) is 19.8 Å². The zero-order valence-electron chi connectivity index (χ0n) is 10.4.